The first-order valence-electron chi connectivity index (χ1n) is 9.54. The number of unbranched alkanes of at least 4 members (excludes halogenated alkanes) is 2. The van der Waals surface area contributed by atoms with Crippen LogP contribution >= 0.6 is 0 Å². The third-order valence-corrected chi connectivity index (χ3v) is 4.79. The highest BCUT2D eigenvalue weighted by Crippen LogP contribution is 2.31. The van der Waals surface area contributed by atoms with E-state index in [4.69, 9.17) is 18.6 Å². The Morgan fingerprint density at radius 3 is 1.79 bits per heavy atom. The first-order valence-corrected chi connectivity index (χ1v) is 10.8. The van der Waals surface area contributed by atoms with Crippen LogP contribution in [-0.2, 0) is 20.5 Å². The fourth-order valence-electron chi connectivity index (χ4n) is 3.51. The average Bonchev–Trinajstić information content (AvgIpc) is 2.92. The zero-order valence-electron chi connectivity index (χ0n) is 17.0. The molecule has 0 amide bonds. The van der Waals surface area contributed by atoms with E-state index in [9.17, 15) is 0 Å². The predicted octanol–water partition coefficient (Wildman–Crippen LogP) is 0.160. The number of aromatic nitrogens is 2. The van der Waals surface area contributed by atoms with Crippen LogP contribution in [0.3, 0.4) is 0 Å². The molecule has 6 nitrogen and oxygen atoms in total. The molecule has 0 fully saturated rings. The Labute approximate surface area is 174 Å². The molecule has 0 spiro atoms. The van der Waals surface area contributed by atoms with E-state index < -0.39 is 10.2 Å². The van der Waals surface area contributed by atoms with E-state index >= 15 is 0 Å². The van der Waals surface area contributed by atoms with Gasteiger partial charge in [-0.2, -0.15) is 4.68 Å². The third-order valence-electron chi connectivity index (χ3n) is 4.79. The minimum absolute atomic E-state index is 1.12. The number of nitrogens with zero attached hydrogens (tertiary/aromatic N) is 2. The van der Waals surface area contributed by atoms with E-state index in [-0.39, 0.29) is 0 Å². The van der Waals surface area contributed by atoms with Crippen LogP contribution in [0.15, 0.2) is 60.7 Å². The number of hydrogen-bond acceptors (Lipinski definition) is 4. The monoisotopic (exact) mass is 418 g/mol. The summed E-state index contributed by atoms with van der Waals surface area (Å²) in [5.41, 5.74) is 6.74. The average molecular weight is 419 g/mol. The zero-order chi connectivity index (χ0) is 21.4. The largest absolute Gasteiger partial charge is 0.242 e. The molecule has 2 aromatic carbocycles. The van der Waals surface area contributed by atoms with Crippen LogP contribution in [0, 0.1) is 10.2 Å². The first kappa shape index (κ1) is 23.1. The molecule has 0 aliphatic rings. The Hall–Kier alpha value is -2.22. The highest BCUT2D eigenvalue weighted by Gasteiger charge is 2.27. The van der Waals surface area contributed by atoms with Crippen LogP contribution < -0.4 is 23.3 Å². The fourth-order valence-corrected chi connectivity index (χ4v) is 3.51. The van der Waals surface area contributed by atoms with Crippen LogP contribution in [0.5, 0.6) is 0 Å². The minimum atomic E-state index is -4.94. The van der Waals surface area contributed by atoms with Crippen molar-refractivity contribution in [2.45, 2.75) is 32.6 Å². The lowest BCUT2D eigenvalue weighted by Gasteiger charge is -2.17. The zero-order valence-corrected chi connectivity index (χ0v) is 17.8. The van der Waals surface area contributed by atoms with Crippen molar-refractivity contribution in [3.63, 3.8) is 0 Å². The lowest BCUT2D eigenvalue weighted by Crippen LogP contribution is -2.68. The van der Waals surface area contributed by atoms with Gasteiger partial charge in [0.15, 0.2) is 7.05 Å². The van der Waals surface area contributed by atoms with Gasteiger partial charge in [-0.25, -0.2) is 18.6 Å². The van der Waals surface area contributed by atoms with E-state index in [1.807, 2.05) is 0 Å². The van der Waals surface area contributed by atoms with Gasteiger partial charge in [-0.05, 0) is 25.0 Å². The number of rotatable bonds is 6. The lowest BCUT2D eigenvalue weighted by molar-refractivity contribution is -2.00. The highest BCUT2D eigenvalue weighted by molar-refractivity contribution is 5.72. The SMILES string of the molecule is CCCCCc1c(-c2ccccc2)n(C)[n+](C)c1-c1ccccc1.[O-][Cl+3]([O-])([O-])[O-]. The second-order valence-electron chi connectivity index (χ2n) is 6.79. The van der Waals surface area contributed by atoms with Crippen molar-refractivity contribution in [2.24, 2.45) is 14.1 Å². The second kappa shape index (κ2) is 10.5. The van der Waals surface area contributed by atoms with E-state index in [1.54, 1.807) is 0 Å². The van der Waals surface area contributed by atoms with Gasteiger partial charge in [-0.1, -0.05) is 68.3 Å². The third kappa shape index (κ3) is 6.66. The summed E-state index contributed by atoms with van der Waals surface area (Å²) in [5, 5.41) is 0. The number of hydrogen-bond donors (Lipinski definition) is 0. The molecule has 0 saturated heterocycles. The van der Waals surface area contributed by atoms with Crippen LogP contribution in [-0.4, -0.2) is 4.68 Å². The minimum Gasteiger partial charge on any atom is -0.222 e. The van der Waals surface area contributed by atoms with Crippen molar-refractivity contribution in [1.82, 2.24) is 4.68 Å². The smallest absolute Gasteiger partial charge is 0.222 e. The summed E-state index contributed by atoms with van der Waals surface area (Å²) in [6.07, 6.45) is 4.89. The van der Waals surface area contributed by atoms with E-state index in [0.717, 1.165) is 6.42 Å². The van der Waals surface area contributed by atoms with Crippen molar-refractivity contribution in [2.75, 3.05) is 0 Å². The molecule has 0 unspecified atom stereocenters. The van der Waals surface area contributed by atoms with E-state index in [2.05, 4.69) is 91.0 Å². The second-order valence-corrected chi connectivity index (χ2v) is 7.55. The molecule has 7 heteroatoms. The molecule has 0 atom stereocenters. The molecule has 29 heavy (non-hydrogen) atoms. The molecule has 1 aromatic heterocycles. The van der Waals surface area contributed by atoms with Crippen molar-refractivity contribution < 1.29 is 33.6 Å². The summed E-state index contributed by atoms with van der Waals surface area (Å²) in [4.78, 5) is 0. The van der Waals surface area contributed by atoms with Crippen molar-refractivity contribution in [3.05, 3.63) is 66.2 Å². The van der Waals surface area contributed by atoms with Crippen LogP contribution in [0.4, 0.5) is 0 Å². The Balaban J connectivity index is 0.000000537. The maximum atomic E-state index is 8.49. The predicted molar refractivity (Wildman–Crippen MR) is 101 cm³/mol. The summed E-state index contributed by atoms with van der Waals surface area (Å²) in [7, 11) is -0.615. The van der Waals surface area contributed by atoms with Gasteiger partial charge in [-0.3, -0.25) is 0 Å². The van der Waals surface area contributed by atoms with E-state index in [1.165, 1.54) is 47.3 Å². The normalized spacial score (nSPS) is 11.1. The molecule has 3 aromatic rings. The van der Waals surface area contributed by atoms with Crippen LogP contribution in [0.25, 0.3) is 22.5 Å². The maximum absolute atomic E-state index is 8.49. The van der Waals surface area contributed by atoms with Gasteiger partial charge in [0.05, 0.1) is 12.6 Å². The summed E-state index contributed by atoms with van der Waals surface area (Å²) >= 11 is 0. The number of benzene rings is 2. The molecule has 0 bridgehead atoms. The first-order chi connectivity index (χ1) is 13.7. The highest BCUT2D eigenvalue weighted by atomic mass is 35.7. The molecule has 0 saturated carbocycles. The van der Waals surface area contributed by atoms with E-state index in [0.29, 0.717) is 0 Å². The fraction of sp³-hybridized carbons (Fsp3) is 0.318. The van der Waals surface area contributed by atoms with Gasteiger partial charge in [0.1, 0.15) is 5.69 Å². The molecule has 1 heterocycles. The van der Waals surface area contributed by atoms with Crippen LogP contribution in [0.2, 0.25) is 0 Å². The van der Waals surface area contributed by atoms with Gasteiger partial charge >= 0.3 is 0 Å². The lowest BCUT2D eigenvalue weighted by atomic mass is 9.97. The molecular formula is C22H27ClN2O4. The van der Waals surface area contributed by atoms with Crippen LogP contribution in [0.1, 0.15) is 31.7 Å². The molecular weight excluding hydrogens is 392 g/mol. The van der Waals surface area contributed by atoms with Gasteiger partial charge < -0.3 is 0 Å². The standard InChI is InChI=1S/C22H27N2.ClHO4/c1-4-5-8-17-20-21(18-13-9-6-10-14-18)23(2)24(3)22(20)19-15-11-7-12-16-19;2-1(3,4)5/h6-7,9-16H,4-5,8,17H2,1-3H3;(H,2,3,4,5)/q+1;/p-1. The Morgan fingerprint density at radius 2 is 1.31 bits per heavy atom. The summed E-state index contributed by atoms with van der Waals surface area (Å²) < 4.78 is 38.6. The quantitative estimate of drug-likeness (QED) is 0.420. The Bertz CT molecular complexity index is 822. The molecule has 0 aliphatic carbocycles. The Kier molecular flexibility index (Phi) is 8.37. The Morgan fingerprint density at radius 1 is 0.828 bits per heavy atom. The van der Waals surface area contributed by atoms with Gasteiger partial charge in [-0.15, -0.1) is 14.9 Å². The van der Waals surface area contributed by atoms with Crippen molar-refractivity contribution >= 4 is 0 Å². The van der Waals surface area contributed by atoms with Crippen molar-refractivity contribution in [3.8, 4) is 22.5 Å². The van der Waals surface area contributed by atoms with Gasteiger partial charge in [0, 0.05) is 11.1 Å². The van der Waals surface area contributed by atoms with Crippen molar-refractivity contribution in [1.29, 1.82) is 0 Å². The number of halogens is 1. The molecule has 156 valence electrons. The summed E-state index contributed by atoms with van der Waals surface area (Å²) in [5.74, 6) is 0. The molecule has 0 N–H and O–H groups in total. The summed E-state index contributed by atoms with van der Waals surface area (Å²) in [6.45, 7) is 2.27. The maximum Gasteiger partial charge on any atom is 0.242 e. The molecule has 3 rings (SSSR count). The van der Waals surface area contributed by atoms with Gasteiger partial charge in [0.2, 0.25) is 5.69 Å². The summed E-state index contributed by atoms with van der Waals surface area (Å²) in [6, 6.07) is 21.5. The van der Waals surface area contributed by atoms with Gasteiger partial charge in [0.25, 0.3) is 0 Å². The molecule has 0 radical (unpaired) electrons. The molecule has 0 aliphatic heterocycles. The topological polar surface area (TPSA) is 101 Å².